The van der Waals surface area contributed by atoms with Gasteiger partial charge in [0.15, 0.2) is 0 Å². The zero-order chi connectivity index (χ0) is 26.0. The lowest BCUT2D eigenvalue weighted by molar-refractivity contribution is -0.167. The highest BCUT2D eigenvalue weighted by Crippen LogP contribution is 2.24. The molecule has 0 aliphatic heterocycles. The van der Waals surface area contributed by atoms with Crippen LogP contribution in [0.15, 0.2) is 0 Å². The normalized spacial score (nSPS) is 13.0. The highest BCUT2D eigenvalue weighted by molar-refractivity contribution is 5.70. The van der Waals surface area contributed by atoms with Gasteiger partial charge in [0.05, 0.1) is 37.3 Å². The lowest BCUT2D eigenvalue weighted by atomic mass is 9.90. The van der Waals surface area contributed by atoms with Gasteiger partial charge in [-0.15, -0.1) is 0 Å². The molecular formula is C23H40O11. The Kier molecular flexibility index (Phi) is 16.1. The Morgan fingerprint density at radius 3 is 1.15 bits per heavy atom. The van der Waals surface area contributed by atoms with E-state index in [4.69, 9.17) is 23.7 Å². The van der Waals surface area contributed by atoms with Crippen molar-refractivity contribution in [2.75, 3.05) is 52.9 Å². The smallest absolute Gasteiger partial charge is 0.305 e. The molecule has 11 nitrogen and oxygen atoms in total. The molecule has 0 aliphatic rings. The fourth-order valence-corrected chi connectivity index (χ4v) is 2.52. The summed E-state index contributed by atoms with van der Waals surface area (Å²) in [6.45, 7) is 4.11. The van der Waals surface area contributed by atoms with Crippen molar-refractivity contribution in [1.82, 2.24) is 0 Å². The number of esters is 4. The summed E-state index contributed by atoms with van der Waals surface area (Å²) in [6, 6.07) is 0. The molecule has 0 aromatic heterocycles. The third-order valence-corrected chi connectivity index (χ3v) is 4.96. The molecule has 0 amide bonds. The van der Waals surface area contributed by atoms with E-state index in [1.807, 2.05) is 6.92 Å². The number of aliphatic hydroxyl groups excluding tert-OH is 2. The Hall–Kier alpha value is -2.24. The molecule has 0 aromatic carbocycles. The monoisotopic (exact) mass is 492 g/mol. The molecule has 34 heavy (non-hydrogen) atoms. The molecule has 0 heterocycles. The molecule has 0 saturated carbocycles. The first-order chi connectivity index (χ1) is 16.1. The van der Waals surface area contributed by atoms with Gasteiger partial charge in [0, 0.05) is 25.7 Å². The minimum absolute atomic E-state index is 0.122. The van der Waals surface area contributed by atoms with E-state index in [9.17, 15) is 29.4 Å². The lowest BCUT2D eigenvalue weighted by Crippen LogP contribution is -2.46. The second-order valence-electron chi connectivity index (χ2n) is 8.26. The van der Waals surface area contributed by atoms with Gasteiger partial charge in [-0.2, -0.15) is 0 Å². The molecule has 0 rings (SSSR count). The van der Waals surface area contributed by atoms with Crippen LogP contribution in [0, 0.1) is 10.8 Å². The van der Waals surface area contributed by atoms with Crippen molar-refractivity contribution in [3.05, 3.63) is 0 Å². The summed E-state index contributed by atoms with van der Waals surface area (Å²) in [6.07, 6.45) is 1.14. The predicted octanol–water partition coefficient (Wildman–Crippen LogP) is 1.16. The topological polar surface area (TPSA) is 155 Å². The summed E-state index contributed by atoms with van der Waals surface area (Å²) < 4.78 is 26.5. The van der Waals surface area contributed by atoms with E-state index < -0.39 is 47.9 Å². The molecule has 0 bridgehead atoms. The van der Waals surface area contributed by atoms with Gasteiger partial charge in [-0.3, -0.25) is 19.2 Å². The molecule has 0 aliphatic carbocycles. The first-order valence-electron chi connectivity index (χ1n) is 11.6. The van der Waals surface area contributed by atoms with Crippen LogP contribution in [0.25, 0.3) is 0 Å². The maximum Gasteiger partial charge on any atom is 0.305 e. The highest BCUT2D eigenvalue weighted by atomic mass is 16.6. The maximum absolute atomic E-state index is 11.9. The largest absolute Gasteiger partial charge is 0.465 e. The summed E-state index contributed by atoms with van der Waals surface area (Å²) in [5.74, 6) is -1.97. The number of carbonyl (C=O) groups excluding carboxylic acids is 4. The average molecular weight is 493 g/mol. The Bertz CT molecular complexity index is 614. The standard InChI is InChI=1S/C23H40O11/c1-5-9-21(29)34-17-23(11-25,16-33-20(28)8-4)13-30-12-22(10-24,14-31-18(26)6-2)15-32-19(27)7-3/h24-25H,5-17H2,1-4H3. The SMILES string of the molecule is CCCC(=O)OCC(CO)(COCC(CO)(COC(=O)CC)COC(=O)CC)COC(=O)CC. The molecule has 0 saturated heterocycles. The lowest BCUT2D eigenvalue weighted by Gasteiger charge is -2.34. The van der Waals surface area contributed by atoms with Gasteiger partial charge in [0.2, 0.25) is 0 Å². The Morgan fingerprint density at radius 2 is 0.882 bits per heavy atom. The molecule has 0 spiro atoms. The number of rotatable bonds is 19. The van der Waals surface area contributed by atoms with Crippen LogP contribution < -0.4 is 0 Å². The summed E-state index contributed by atoms with van der Waals surface area (Å²) in [5, 5.41) is 20.1. The van der Waals surface area contributed by atoms with E-state index in [1.165, 1.54) is 0 Å². The van der Waals surface area contributed by atoms with Crippen molar-refractivity contribution in [3.8, 4) is 0 Å². The zero-order valence-electron chi connectivity index (χ0n) is 20.8. The number of hydrogen-bond acceptors (Lipinski definition) is 11. The summed E-state index contributed by atoms with van der Waals surface area (Å²) in [7, 11) is 0. The minimum atomic E-state index is -1.25. The number of aliphatic hydroxyl groups is 2. The van der Waals surface area contributed by atoms with E-state index >= 15 is 0 Å². The van der Waals surface area contributed by atoms with Gasteiger partial charge in [-0.1, -0.05) is 27.7 Å². The Balaban J connectivity index is 5.45. The van der Waals surface area contributed by atoms with Gasteiger partial charge >= 0.3 is 23.9 Å². The molecular weight excluding hydrogens is 452 g/mol. The van der Waals surface area contributed by atoms with Crippen molar-refractivity contribution >= 4 is 23.9 Å². The highest BCUT2D eigenvalue weighted by Gasteiger charge is 2.38. The van der Waals surface area contributed by atoms with Gasteiger partial charge in [-0.25, -0.2) is 0 Å². The summed E-state index contributed by atoms with van der Waals surface area (Å²) in [4.78, 5) is 46.8. The molecule has 11 heteroatoms. The fourth-order valence-electron chi connectivity index (χ4n) is 2.52. The number of hydrogen-bond donors (Lipinski definition) is 2. The van der Waals surface area contributed by atoms with Crippen molar-refractivity contribution < 1.29 is 53.1 Å². The number of carbonyl (C=O) groups is 4. The van der Waals surface area contributed by atoms with Crippen LogP contribution in [-0.4, -0.2) is 86.9 Å². The molecule has 0 aromatic rings. The quantitative estimate of drug-likeness (QED) is 0.197. The van der Waals surface area contributed by atoms with E-state index in [1.54, 1.807) is 20.8 Å². The van der Waals surface area contributed by atoms with E-state index in [0.29, 0.717) is 6.42 Å². The number of ether oxygens (including phenoxy) is 5. The Morgan fingerprint density at radius 1 is 0.559 bits per heavy atom. The third kappa shape index (κ3) is 12.3. The van der Waals surface area contributed by atoms with Gasteiger partial charge in [0.25, 0.3) is 0 Å². The van der Waals surface area contributed by atoms with Crippen molar-refractivity contribution in [1.29, 1.82) is 0 Å². The average Bonchev–Trinajstić information content (AvgIpc) is 2.86. The minimum Gasteiger partial charge on any atom is -0.465 e. The maximum atomic E-state index is 11.9. The van der Waals surface area contributed by atoms with Crippen LogP contribution in [0.2, 0.25) is 0 Å². The Labute approximate surface area is 201 Å². The fraction of sp³-hybridized carbons (Fsp3) is 0.826. The predicted molar refractivity (Wildman–Crippen MR) is 119 cm³/mol. The van der Waals surface area contributed by atoms with Crippen molar-refractivity contribution in [2.24, 2.45) is 10.8 Å². The molecule has 1 atom stereocenters. The van der Waals surface area contributed by atoms with Gasteiger partial charge in [-0.05, 0) is 6.42 Å². The second-order valence-corrected chi connectivity index (χ2v) is 8.26. The first-order valence-corrected chi connectivity index (χ1v) is 11.6. The van der Waals surface area contributed by atoms with E-state index in [0.717, 1.165) is 0 Å². The molecule has 198 valence electrons. The van der Waals surface area contributed by atoms with Gasteiger partial charge < -0.3 is 33.9 Å². The molecule has 0 fully saturated rings. The van der Waals surface area contributed by atoms with E-state index in [-0.39, 0.29) is 65.3 Å². The summed E-state index contributed by atoms with van der Waals surface area (Å²) >= 11 is 0. The molecule has 2 N–H and O–H groups in total. The van der Waals surface area contributed by atoms with Crippen molar-refractivity contribution in [3.63, 3.8) is 0 Å². The van der Waals surface area contributed by atoms with Crippen LogP contribution >= 0.6 is 0 Å². The van der Waals surface area contributed by atoms with Gasteiger partial charge in [0.1, 0.15) is 26.4 Å². The van der Waals surface area contributed by atoms with Crippen LogP contribution in [-0.2, 0) is 42.9 Å². The van der Waals surface area contributed by atoms with Crippen LogP contribution in [0.1, 0.15) is 59.8 Å². The molecule has 1 unspecified atom stereocenters. The second kappa shape index (κ2) is 17.2. The van der Waals surface area contributed by atoms with Crippen molar-refractivity contribution in [2.45, 2.75) is 59.8 Å². The molecule has 0 radical (unpaired) electrons. The van der Waals surface area contributed by atoms with Crippen LogP contribution in [0.4, 0.5) is 0 Å². The third-order valence-electron chi connectivity index (χ3n) is 4.96. The first kappa shape index (κ1) is 31.8. The van der Waals surface area contributed by atoms with Crippen LogP contribution in [0.5, 0.6) is 0 Å². The zero-order valence-corrected chi connectivity index (χ0v) is 20.8. The van der Waals surface area contributed by atoms with E-state index in [2.05, 4.69) is 0 Å². The summed E-state index contributed by atoms with van der Waals surface area (Å²) in [5.41, 5.74) is -2.51. The van der Waals surface area contributed by atoms with Crippen LogP contribution in [0.3, 0.4) is 0 Å².